The molecule has 82 valence electrons. The van der Waals surface area contributed by atoms with Gasteiger partial charge < -0.3 is 5.32 Å². The smallest absolute Gasteiger partial charge is 0.141 e. The monoisotopic (exact) mass is 227 g/mol. The number of rotatable bonds is 0. The molecule has 1 aromatic rings. The molecule has 0 aromatic heterocycles. The van der Waals surface area contributed by atoms with Crippen molar-refractivity contribution in [3.8, 4) is 0 Å². The van der Waals surface area contributed by atoms with Crippen molar-refractivity contribution in [2.45, 2.75) is 12.8 Å². The van der Waals surface area contributed by atoms with Gasteiger partial charge in [-0.05, 0) is 49.9 Å². The summed E-state index contributed by atoms with van der Waals surface area (Å²) in [6.45, 7) is 2.62. The van der Waals surface area contributed by atoms with Gasteiger partial charge in [-0.2, -0.15) is 0 Å². The average Bonchev–Trinajstić information content (AvgIpc) is 2.52. The number of benzene rings is 1. The molecule has 2 fully saturated rings. The molecule has 0 spiro atoms. The van der Waals surface area contributed by atoms with Gasteiger partial charge in [-0.15, -0.1) is 0 Å². The maximum absolute atomic E-state index is 12.2. The highest BCUT2D eigenvalue weighted by Gasteiger charge is 2.34. The van der Waals surface area contributed by atoms with Gasteiger partial charge in [0, 0.05) is 0 Å². The lowest BCUT2D eigenvalue weighted by Crippen LogP contribution is -2.22. The van der Waals surface area contributed by atoms with E-state index in [-0.39, 0.29) is 10.8 Å². The Morgan fingerprint density at radius 1 is 1.13 bits per heavy atom. The average molecular weight is 228 g/mol. The van der Waals surface area contributed by atoms with E-state index in [9.17, 15) is 4.39 Å². The van der Waals surface area contributed by atoms with E-state index in [2.05, 4.69) is 5.32 Å². The van der Waals surface area contributed by atoms with E-state index in [1.54, 1.807) is 12.1 Å². The Bertz CT molecular complexity index is 298. The van der Waals surface area contributed by atoms with Gasteiger partial charge in [0.1, 0.15) is 5.82 Å². The standard InChI is InChI=1S/C6H4ClF.C6H11N/c7-5-3-1-2-4-6(5)8;1-2-6-4-7-3-5(1)6/h1-4H;5-7H,1-4H2. The van der Waals surface area contributed by atoms with Crippen LogP contribution >= 0.6 is 11.6 Å². The fourth-order valence-corrected chi connectivity index (χ4v) is 2.20. The van der Waals surface area contributed by atoms with Crippen molar-refractivity contribution in [2.75, 3.05) is 13.1 Å². The second-order valence-electron chi connectivity index (χ2n) is 4.17. The fraction of sp³-hybridized carbons (Fsp3) is 0.500. The van der Waals surface area contributed by atoms with Crippen LogP contribution in [0.25, 0.3) is 0 Å². The Morgan fingerprint density at radius 3 is 2.07 bits per heavy atom. The van der Waals surface area contributed by atoms with E-state index in [4.69, 9.17) is 11.6 Å². The highest BCUT2D eigenvalue weighted by molar-refractivity contribution is 6.30. The molecule has 1 saturated carbocycles. The number of halogens is 2. The highest BCUT2D eigenvalue weighted by Crippen LogP contribution is 2.36. The predicted molar refractivity (Wildman–Crippen MR) is 60.5 cm³/mol. The molecule has 1 heterocycles. The topological polar surface area (TPSA) is 12.0 Å². The Morgan fingerprint density at radius 2 is 1.73 bits per heavy atom. The summed E-state index contributed by atoms with van der Waals surface area (Å²) in [5.41, 5.74) is 0. The lowest BCUT2D eigenvalue weighted by molar-refractivity contribution is 0.243. The molecule has 0 radical (unpaired) electrons. The molecule has 3 heteroatoms. The van der Waals surface area contributed by atoms with Crippen LogP contribution in [0.4, 0.5) is 4.39 Å². The van der Waals surface area contributed by atoms with Crippen LogP contribution in [0.15, 0.2) is 24.3 Å². The van der Waals surface area contributed by atoms with E-state index in [1.807, 2.05) is 0 Å². The molecule has 3 rings (SSSR count). The molecule has 2 aliphatic rings. The summed E-state index contributed by atoms with van der Waals surface area (Å²) in [5.74, 6) is 1.80. The number of nitrogens with one attached hydrogen (secondary N) is 1. The summed E-state index contributed by atoms with van der Waals surface area (Å²) in [5, 5.41) is 3.56. The summed E-state index contributed by atoms with van der Waals surface area (Å²) >= 11 is 5.33. The van der Waals surface area contributed by atoms with E-state index >= 15 is 0 Å². The molecular weight excluding hydrogens is 213 g/mol. The zero-order valence-electron chi connectivity index (χ0n) is 8.55. The second kappa shape index (κ2) is 4.95. The molecule has 1 saturated heterocycles. The van der Waals surface area contributed by atoms with Crippen molar-refractivity contribution in [1.82, 2.24) is 5.32 Å². The van der Waals surface area contributed by atoms with Crippen molar-refractivity contribution < 1.29 is 4.39 Å². The first-order valence-electron chi connectivity index (χ1n) is 5.38. The Labute approximate surface area is 94.6 Å². The molecule has 1 aromatic carbocycles. The first-order chi connectivity index (χ1) is 7.27. The molecule has 15 heavy (non-hydrogen) atoms. The van der Waals surface area contributed by atoms with Gasteiger partial charge in [0.2, 0.25) is 0 Å². The van der Waals surface area contributed by atoms with Gasteiger partial charge >= 0.3 is 0 Å². The molecule has 0 bridgehead atoms. The molecule has 1 nitrogen and oxygen atoms in total. The molecule has 1 aliphatic heterocycles. The third-order valence-electron chi connectivity index (χ3n) is 3.21. The first-order valence-corrected chi connectivity index (χ1v) is 5.76. The van der Waals surface area contributed by atoms with Crippen molar-refractivity contribution in [2.24, 2.45) is 11.8 Å². The summed E-state index contributed by atoms with van der Waals surface area (Å²) in [7, 11) is 0. The summed E-state index contributed by atoms with van der Waals surface area (Å²) in [6, 6.07) is 6.12. The van der Waals surface area contributed by atoms with Crippen LogP contribution in [0.1, 0.15) is 12.8 Å². The quantitative estimate of drug-likeness (QED) is 0.718. The van der Waals surface area contributed by atoms with Crippen molar-refractivity contribution in [1.29, 1.82) is 0 Å². The van der Waals surface area contributed by atoms with Crippen LogP contribution in [0.3, 0.4) is 0 Å². The van der Waals surface area contributed by atoms with Gasteiger partial charge in [-0.25, -0.2) is 4.39 Å². The number of hydrogen-bond acceptors (Lipinski definition) is 1. The minimum absolute atomic E-state index is 0.174. The SMILES string of the molecule is C1CC2CNCC12.Fc1ccccc1Cl. The van der Waals surface area contributed by atoms with Crippen LogP contribution < -0.4 is 5.32 Å². The van der Waals surface area contributed by atoms with Crippen LogP contribution in [0.5, 0.6) is 0 Å². The van der Waals surface area contributed by atoms with Crippen LogP contribution in [-0.4, -0.2) is 13.1 Å². The fourth-order valence-electron chi connectivity index (χ4n) is 2.07. The number of hydrogen-bond donors (Lipinski definition) is 1. The zero-order valence-corrected chi connectivity index (χ0v) is 9.30. The molecular formula is C12H15ClFN. The summed E-state index contributed by atoms with van der Waals surface area (Å²) < 4.78 is 12.2. The van der Waals surface area contributed by atoms with Crippen LogP contribution in [0.2, 0.25) is 5.02 Å². The van der Waals surface area contributed by atoms with Crippen molar-refractivity contribution in [3.63, 3.8) is 0 Å². The maximum atomic E-state index is 12.2. The second-order valence-corrected chi connectivity index (χ2v) is 4.58. The van der Waals surface area contributed by atoms with E-state index in [0.717, 1.165) is 11.8 Å². The molecule has 1 aliphatic carbocycles. The van der Waals surface area contributed by atoms with Gasteiger partial charge in [-0.1, -0.05) is 23.7 Å². The van der Waals surface area contributed by atoms with E-state index in [0.29, 0.717) is 0 Å². The zero-order chi connectivity index (χ0) is 10.7. The van der Waals surface area contributed by atoms with E-state index < -0.39 is 0 Å². The van der Waals surface area contributed by atoms with E-state index in [1.165, 1.54) is 38.1 Å². The normalized spacial score (nSPS) is 27.3. The molecule has 2 atom stereocenters. The number of fused-ring (bicyclic) bond motifs is 1. The summed E-state index contributed by atoms with van der Waals surface area (Å²) in [6.07, 6.45) is 3.00. The lowest BCUT2D eigenvalue weighted by Gasteiger charge is -2.28. The molecule has 0 amide bonds. The van der Waals surface area contributed by atoms with Gasteiger partial charge in [-0.3, -0.25) is 0 Å². The molecule has 2 unspecified atom stereocenters. The Kier molecular flexibility index (Phi) is 3.60. The van der Waals surface area contributed by atoms with Gasteiger partial charge in [0.05, 0.1) is 5.02 Å². The maximum Gasteiger partial charge on any atom is 0.141 e. The minimum Gasteiger partial charge on any atom is -0.316 e. The molecule has 1 N–H and O–H groups in total. The highest BCUT2D eigenvalue weighted by atomic mass is 35.5. The van der Waals surface area contributed by atoms with Gasteiger partial charge in [0.15, 0.2) is 0 Å². The van der Waals surface area contributed by atoms with Crippen molar-refractivity contribution in [3.05, 3.63) is 35.1 Å². The lowest BCUT2D eigenvalue weighted by atomic mass is 9.77. The Hall–Kier alpha value is -0.600. The Balaban J connectivity index is 0.000000114. The van der Waals surface area contributed by atoms with Crippen molar-refractivity contribution >= 4 is 11.6 Å². The first kappa shape index (κ1) is 10.9. The largest absolute Gasteiger partial charge is 0.316 e. The minimum atomic E-state index is -0.367. The van der Waals surface area contributed by atoms with Crippen LogP contribution in [-0.2, 0) is 0 Å². The summed E-state index contributed by atoms with van der Waals surface area (Å²) in [4.78, 5) is 0. The third kappa shape index (κ3) is 2.70. The predicted octanol–water partition coefficient (Wildman–Crippen LogP) is 3.09. The van der Waals surface area contributed by atoms with Gasteiger partial charge in [0.25, 0.3) is 0 Å². The van der Waals surface area contributed by atoms with Crippen LogP contribution in [0, 0.1) is 17.7 Å². The third-order valence-corrected chi connectivity index (χ3v) is 3.52.